The molecule has 1 amide bonds. The molecule has 25 heavy (non-hydrogen) atoms. The number of hydrogen-bond acceptors (Lipinski definition) is 4. The zero-order valence-corrected chi connectivity index (χ0v) is 14.0. The van der Waals surface area contributed by atoms with Gasteiger partial charge < -0.3 is 15.8 Å². The number of nitrogens with one attached hydrogen (secondary N) is 1. The fourth-order valence-electron chi connectivity index (χ4n) is 2.96. The number of nitrogens with zero attached hydrogens (tertiary/aromatic N) is 1. The second kappa shape index (κ2) is 8.09. The normalized spacial score (nSPS) is 16.4. The van der Waals surface area contributed by atoms with Crippen LogP contribution in [0.15, 0.2) is 48.5 Å². The molecule has 1 aliphatic rings. The number of carbonyl (C=O) groups is 1. The molecule has 1 heterocycles. The van der Waals surface area contributed by atoms with Gasteiger partial charge in [0.1, 0.15) is 5.82 Å². The summed E-state index contributed by atoms with van der Waals surface area (Å²) in [6.07, 6.45) is 0. The highest BCUT2D eigenvalue weighted by molar-refractivity contribution is 5.94. The van der Waals surface area contributed by atoms with Crippen LogP contribution >= 0.6 is 0 Å². The van der Waals surface area contributed by atoms with Crippen molar-refractivity contribution in [1.82, 2.24) is 10.2 Å². The van der Waals surface area contributed by atoms with Crippen LogP contribution < -0.4 is 11.1 Å². The minimum absolute atomic E-state index is 0.0257. The summed E-state index contributed by atoms with van der Waals surface area (Å²) >= 11 is 0. The minimum Gasteiger partial charge on any atom is -0.399 e. The van der Waals surface area contributed by atoms with Gasteiger partial charge in [0.25, 0.3) is 5.91 Å². The minimum atomic E-state index is -0.268. The highest BCUT2D eigenvalue weighted by Crippen LogP contribution is 2.22. The molecule has 0 bridgehead atoms. The molecule has 2 aromatic rings. The second-order valence-corrected chi connectivity index (χ2v) is 6.05. The molecule has 0 aliphatic carbocycles. The molecule has 1 unspecified atom stereocenters. The van der Waals surface area contributed by atoms with Crippen molar-refractivity contribution in [3.05, 3.63) is 65.5 Å². The molecule has 3 N–H and O–H groups in total. The first-order valence-corrected chi connectivity index (χ1v) is 8.34. The van der Waals surface area contributed by atoms with E-state index in [0.717, 1.165) is 18.7 Å². The first-order valence-electron chi connectivity index (χ1n) is 8.34. The third-order valence-electron chi connectivity index (χ3n) is 4.37. The number of carbonyl (C=O) groups excluding carboxylic acids is 1. The van der Waals surface area contributed by atoms with Gasteiger partial charge in [-0.05, 0) is 42.0 Å². The molecule has 0 spiro atoms. The Hall–Kier alpha value is -2.44. The van der Waals surface area contributed by atoms with Gasteiger partial charge in [0.05, 0.1) is 19.3 Å². The van der Waals surface area contributed by atoms with E-state index in [1.165, 1.54) is 12.1 Å². The molecule has 3 rings (SSSR count). The monoisotopic (exact) mass is 343 g/mol. The van der Waals surface area contributed by atoms with Crippen LogP contribution in [0.5, 0.6) is 0 Å². The van der Waals surface area contributed by atoms with Gasteiger partial charge in [-0.15, -0.1) is 0 Å². The summed E-state index contributed by atoms with van der Waals surface area (Å²) in [5, 5.41) is 2.97. The smallest absolute Gasteiger partial charge is 0.251 e. The molecule has 2 aromatic carbocycles. The van der Waals surface area contributed by atoms with Gasteiger partial charge in [-0.2, -0.15) is 0 Å². The summed E-state index contributed by atoms with van der Waals surface area (Å²) in [5.41, 5.74) is 7.81. The molecular weight excluding hydrogens is 321 g/mol. The SMILES string of the molecule is Nc1ccc(C(=O)NCC(c2ccc(F)cc2)N2CCOCC2)cc1. The second-order valence-electron chi connectivity index (χ2n) is 6.05. The van der Waals surface area contributed by atoms with E-state index >= 15 is 0 Å². The van der Waals surface area contributed by atoms with Gasteiger partial charge in [-0.25, -0.2) is 4.39 Å². The Bertz CT molecular complexity index is 698. The number of hydrogen-bond donors (Lipinski definition) is 2. The zero-order chi connectivity index (χ0) is 17.6. The van der Waals surface area contributed by atoms with Gasteiger partial charge in [0.2, 0.25) is 0 Å². The number of benzene rings is 2. The van der Waals surface area contributed by atoms with Crippen LogP contribution in [0.4, 0.5) is 10.1 Å². The molecule has 1 atom stereocenters. The third kappa shape index (κ3) is 4.55. The predicted octanol–water partition coefficient (Wildman–Crippen LogP) is 2.21. The van der Waals surface area contributed by atoms with E-state index < -0.39 is 0 Å². The first-order chi connectivity index (χ1) is 12.1. The van der Waals surface area contributed by atoms with Gasteiger partial charge in [-0.3, -0.25) is 9.69 Å². The Kier molecular flexibility index (Phi) is 5.63. The number of ether oxygens (including phenoxy) is 1. The number of nitrogens with two attached hydrogens (primary N) is 1. The van der Waals surface area contributed by atoms with Crippen LogP contribution in [0.1, 0.15) is 22.0 Å². The number of nitrogen functional groups attached to an aromatic ring is 1. The van der Waals surface area contributed by atoms with Gasteiger partial charge >= 0.3 is 0 Å². The van der Waals surface area contributed by atoms with Gasteiger partial charge in [0.15, 0.2) is 0 Å². The lowest BCUT2D eigenvalue weighted by Gasteiger charge is -2.35. The van der Waals surface area contributed by atoms with Crippen molar-refractivity contribution in [3.63, 3.8) is 0 Å². The first kappa shape index (κ1) is 17.4. The summed E-state index contributed by atoms with van der Waals surface area (Å²) in [6.45, 7) is 3.31. The largest absolute Gasteiger partial charge is 0.399 e. The molecule has 1 fully saturated rings. The topological polar surface area (TPSA) is 67.6 Å². The molecule has 5 nitrogen and oxygen atoms in total. The molecule has 132 valence electrons. The van der Waals surface area contributed by atoms with Crippen LogP contribution in [-0.2, 0) is 4.74 Å². The van der Waals surface area contributed by atoms with Gasteiger partial charge in [-0.1, -0.05) is 12.1 Å². The molecule has 6 heteroatoms. The van der Waals surface area contributed by atoms with E-state index in [2.05, 4.69) is 10.2 Å². The quantitative estimate of drug-likeness (QED) is 0.817. The van der Waals surface area contributed by atoms with Crippen molar-refractivity contribution < 1.29 is 13.9 Å². The fourth-order valence-corrected chi connectivity index (χ4v) is 2.96. The summed E-state index contributed by atoms with van der Waals surface area (Å²) in [7, 11) is 0. The van der Waals surface area contributed by atoms with E-state index in [4.69, 9.17) is 10.5 Å². The van der Waals surface area contributed by atoms with E-state index in [-0.39, 0.29) is 17.8 Å². The van der Waals surface area contributed by atoms with Crippen molar-refractivity contribution in [2.75, 3.05) is 38.6 Å². The number of rotatable bonds is 5. The molecule has 0 saturated carbocycles. The van der Waals surface area contributed by atoms with Crippen LogP contribution in [0.3, 0.4) is 0 Å². The summed E-state index contributed by atoms with van der Waals surface area (Å²) in [6, 6.07) is 13.2. The zero-order valence-electron chi connectivity index (χ0n) is 14.0. The van der Waals surface area contributed by atoms with Gasteiger partial charge in [0, 0.05) is 30.9 Å². The number of halogens is 1. The highest BCUT2D eigenvalue weighted by Gasteiger charge is 2.23. The van der Waals surface area contributed by atoms with Crippen molar-refractivity contribution in [2.45, 2.75) is 6.04 Å². The van der Waals surface area contributed by atoms with Crippen molar-refractivity contribution in [2.24, 2.45) is 0 Å². The lowest BCUT2D eigenvalue weighted by Crippen LogP contribution is -2.43. The van der Waals surface area contributed by atoms with Crippen LogP contribution in [-0.4, -0.2) is 43.7 Å². The number of amides is 1. The van der Waals surface area contributed by atoms with E-state index in [1.807, 2.05) is 0 Å². The molecule has 0 radical (unpaired) electrons. The Morgan fingerprint density at radius 1 is 1.12 bits per heavy atom. The number of morpholine rings is 1. The highest BCUT2D eigenvalue weighted by atomic mass is 19.1. The maximum atomic E-state index is 13.2. The Morgan fingerprint density at radius 3 is 2.40 bits per heavy atom. The summed E-state index contributed by atoms with van der Waals surface area (Å²) in [4.78, 5) is 14.6. The van der Waals surface area contributed by atoms with E-state index in [0.29, 0.717) is 31.0 Å². The Labute approximate surface area is 146 Å². The van der Waals surface area contributed by atoms with Crippen molar-refractivity contribution >= 4 is 11.6 Å². The standard InChI is InChI=1S/C19H22FN3O2/c20-16-5-1-14(2-6-16)18(23-9-11-25-12-10-23)13-22-19(24)15-3-7-17(21)8-4-15/h1-8,18H,9-13,21H2,(H,22,24). The third-order valence-corrected chi connectivity index (χ3v) is 4.37. The molecule has 1 aliphatic heterocycles. The Balaban J connectivity index is 1.71. The predicted molar refractivity (Wildman–Crippen MR) is 94.7 cm³/mol. The summed E-state index contributed by atoms with van der Waals surface area (Å²) < 4.78 is 18.7. The van der Waals surface area contributed by atoms with E-state index in [9.17, 15) is 9.18 Å². The lowest BCUT2D eigenvalue weighted by atomic mass is 10.0. The lowest BCUT2D eigenvalue weighted by molar-refractivity contribution is 0.0162. The fraction of sp³-hybridized carbons (Fsp3) is 0.316. The summed E-state index contributed by atoms with van der Waals surface area (Å²) in [5.74, 6) is -0.421. The maximum Gasteiger partial charge on any atom is 0.251 e. The average molecular weight is 343 g/mol. The van der Waals surface area contributed by atoms with Crippen LogP contribution in [0.2, 0.25) is 0 Å². The van der Waals surface area contributed by atoms with Crippen molar-refractivity contribution in [1.29, 1.82) is 0 Å². The van der Waals surface area contributed by atoms with Crippen LogP contribution in [0, 0.1) is 5.82 Å². The van der Waals surface area contributed by atoms with E-state index in [1.54, 1.807) is 36.4 Å². The molecule has 0 aromatic heterocycles. The van der Waals surface area contributed by atoms with Crippen molar-refractivity contribution in [3.8, 4) is 0 Å². The average Bonchev–Trinajstić information content (AvgIpc) is 2.64. The van der Waals surface area contributed by atoms with Crippen LogP contribution in [0.25, 0.3) is 0 Å². The maximum absolute atomic E-state index is 13.2. The molecular formula is C19H22FN3O2. The Morgan fingerprint density at radius 2 is 1.76 bits per heavy atom. The number of anilines is 1. The molecule has 1 saturated heterocycles.